The van der Waals surface area contributed by atoms with E-state index in [2.05, 4.69) is 44.6 Å². The molecule has 0 rings (SSSR count). The van der Waals surface area contributed by atoms with Crippen molar-refractivity contribution < 1.29 is 9.53 Å². The highest BCUT2D eigenvalue weighted by atomic mass is 127. The van der Waals surface area contributed by atoms with Crippen LogP contribution in [0.5, 0.6) is 0 Å². The molecular formula is C5H6INO2. The van der Waals surface area contributed by atoms with E-state index in [0.717, 1.165) is 0 Å². The molecule has 0 bridgehead atoms. The third-order valence-electron chi connectivity index (χ3n) is 0.505. The van der Waals surface area contributed by atoms with Crippen LogP contribution < -0.4 is 5.32 Å². The van der Waals surface area contributed by atoms with Gasteiger partial charge in [-0.25, -0.2) is 10.1 Å². The zero-order valence-electron chi connectivity index (χ0n) is 4.90. The minimum atomic E-state index is -0.521. The topological polar surface area (TPSA) is 38.3 Å². The maximum atomic E-state index is 10.2. The molecule has 0 aliphatic carbocycles. The van der Waals surface area contributed by atoms with Crippen LogP contribution in [0.4, 0.5) is 4.79 Å². The van der Waals surface area contributed by atoms with E-state index in [0.29, 0.717) is 4.43 Å². The highest BCUT2D eigenvalue weighted by Crippen LogP contribution is 1.73. The fourth-order valence-corrected chi connectivity index (χ4v) is 0.370. The highest BCUT2D eigenvalue weighted by molar-refractivity contribution is 14.1. The third kappa shape index (κ3) is 5.43. The van der Waals surface area contributed by atoms with Crippen molar-refractivity contribution in [2.75, 3.05) is 11.5 Å². The molecule has 9 heavy (non-hydrogen) atoms. The number of hydrogen-bond acceptors (Lipinski definition) is 2. The summed E-state index contributed by atoms with van der Waals surface area (Å²) in [4.78, 5) is 10.2. The molecule has 0 aliphatic rings. The first-order valence-corrected chi connectivity index (χ1v) is 3.71. The predicted molar refractivity (Wildman–Crippen MR) is 42.2 cm³/mol. The zero-order valence-corrected chi connectivity index (χ0v) is 7.06. The van der Waals surface area contributed by atoms with Crippen molar-refractivity contribution in [3.63, 3.8) is 0 Å². The lowest BCUT2D eigenvalue weighted by atomic mass is 10.8. The lowest BCUT2D eigenvalue weighted by Crippen LogP contribution is -2.16. The Balaban J connectivity index is 3.37. The Morgan fingerprint density at radius 1 is 1.89 bits per heavy atom. The average molecular weight is 239 g/mol. The van der Waals surface area contributed by atoms with E-state index in [1.807, 2.05) is 0 Å². The summed E-state index contributed by atoms with van der Waals surface area (Å²) in [5.74, 6) is 2.64. The first kappa shape index (κ1) is 8.56. The number of hydrogen-bond donors (Lipinski definition) is 1. The number of carbonyl (C=O) groups excluding carboxylic acids is 1. The van der Waals surface area contributed by atoms with Gasteiger partial charge in [0.1, 0.15) is 0 Å². The number of nitrogens with one attached hydrogen (secondary N) is 1. The van der Waals surface area contributed by atoms with E-state index >= 15 is 0 Å². The van der Waals surface area contributed by atoms with E-state index < -0.39 is 6.09 Å². The fraction of sp³-hybridized carbons (Fsp3) is 0.400. The Labute approximate surface area is 67.3 Å². The number of alkyl carbamates (subject to hydrolysis) is 1. The molecule has 1 amide bonds. The molecule has 0 saturated heterocycles. The minimum Gasteiger partial charge on any atom is -0.452 e. The number of carbonyl (C=O) groups is 1. The van der Waals surface area contributed by atoms with E-state index in [1.165, 1.54) is 7.11 Å². The number of ether oxygens (including phenoxy) is 1. The minimum absolute atomic E-state index is 0.521. The number of rotatable bonds is 0. The van der Waals surface area contributed by atoms with Gasteiger partial charge >= 0.3 is 6.09 Å². The Morgan fingerprint density at radius 3 is 3.00 bits per heavy atom. The second-order valence-electron chi connectivity index (χ2n) is 1.05. The molecule has 0 fully saturated rings. The summed E-state index contributed by atoms with van der Waals surface area (Å²) < 4.78 is 4.94. The van der Waals surface area contributed by atoms with E-state index in [9.17, 15) is 4.79 Å². The number of amides is 1. The summed E-state index contributed by atoms with van der Waals surface area (Å²) in [5.41, 5.74) is 0. The summed E-state index contributed by atoms with van der Waals surface area (Å²) in [6, 6.07) is 2.40. The van der Waals surface area contributed by atoms with Crippen molar-refractivity contribution >= 4 is 28.7 Å². The molecule has 0 aliphatic heterocycles. The fourth-order valence-electron chi connectivity index (χ4n) is 0.180. The largest absolute Gasteiger partial charge is 0.452 e. The van der Waals surface area contributed by atoms with E-state index in [4.69, 9.17) is 0 Å². The second kappa shape index (κ2) is 5.69. The van der Waals surface area contributed by atoms with Gasteiger partial charge in [-0.2, -0.15) is 0 Å². The average Bonchev–Trinajstić information content (AvgIpc) is 1.89. The predicted octanol–water partition coefficient (Wildman–Crippen LogP) is 0.738. The molecule has 0 saturated carbocycles. The molecule has 4 heteroatoms. The van der Waals surface area contributed by atoms with Gasteiger partial charge in [-0.1, -0.05) is 28.5 Å². The number of alkyl halides is 1. The van der Waals surface area contributed by atoms with E-state index in [1.54, 1.807) is 0 Å². The lowest BCUT2D eigenvalue weighted by molar-refractivity contribution is 0.176. The van der Waals surface area contributed by atoms with E-state index in [-0.39, 0.29) is 0 Å². The quantitative estimate of drug-likeness (QED) is 0.293. The van der Waals surface area contributed by atoms with Crippen molar-refractivity contribution in [1.82, 2.24) is 5.32 Å². The Hall–Kier alpha value is -0.440. The number of halogens is 1. The summed E-state index contributed by atoms with van der Waals surface area (Å²) in [7, 11) is 1.29. The Bertz CT molecular complexity index is 147. The van der Waals surface area contributed by atoms with Gasteiger partial charge in [-0.15, -0.1) is 0 Å². The van der Waals surface area contributed by atoms with Crippen LogP contribution in [0.25, 0.3) is 0 Å². The van der Waals surface area contributed by atoms with Gasteiger partial charge in [-0.05, 0) is 0 Å². The second-order valence-corrected chi connectivity index (χ2v) is 1.81. The molecule has 50 valence electrons. The van der Waals surface area contributed by atoms with Gasteiger partial charge in [0.05, 0.1) is 11.5 Å². The zero-order chi connectivity index (χ0) is 7.11. The molecule has 0 heterocycles. The molecule has 0 radical (unpaired) electrons. The summed E-state index contributed by atoms with van der Waals surface area (Å²) in [6.45, 7) is 0. The van der Waals surface area contributed by atoms with Gasteiger partial charge in [0, 0.05) is 6.04 Å². The van der Waals surface area contributed by atoms with Gasteiger partial charge in [0.25, 0.3) is 0 Å². The monoisotopic (exact) mass is 239 g/mol. The summed E-state index contributed by atoms with van der Waals surface area (Å²) >= 11 is 2.08. The van der Waals surface area contributed by atoms with Gasteiger partial charge in [-0.3, -0.25) is 0 Å². The molecule has 0 aromatic carbocycles. The van der Waals surface area contributed by atoms with Crippen molar-refractivity contribution in [2.24, 2.45) is 0 Å². The Morgan fingerprint density at radius 2 is 2.56 bits per heavy atom. The number of methoxy groups -OCH3 is 1. The molecule has 0 unspecified atom stereocenters. The van der Waals surface area contributed by atoms with Crippen LogP contribution in [0.1, 0.15) is 0 Å². The van der Waals surface area contributed by atoms with Crippen LogP contribution in [0.3, 0.4) is 0 Å². The molecule has 0 aromatic rings. The van der Waals surface area contributed by atoms with Crippen LogP contribution in [0, 0.1) is 12.0 Å². The molecule has 0 atom stereocenters. The molecular weight excluding hydrogens is 233 g/mol. The highest BCUT2D eigenvalue weighted by Gasteiger charge is 1.89. The van der Waals surface area contributed by atoms with Crippen LogP contribution in [-0.2, 0) is 4.74 Å². The molecule has 0 spiro atoms. The van der Waals surface area contributed by atoms with Crippen LogP contribution in [-0.4, -0.2) is 17.6 Å². The molecule has 1 N–H and O–H groups in total. The smallest absolute Gasteiger partial charge is 0.418 e. The molecule has 3 nitrogen and oxygen atoms in total. The first-order chi connectivity index (χ1) is 4.31. The van der Waals surface area contributed by atoms with Crippen molar-refractivity contribution in [3.8, 4) is 12.0 Å². The van der Waals surface area contributed by atoms with Crippen LogP contribution in [0.15, 0.2) is 0 Å². The van der Waals surface area contributed by atoms with Crippen LogP contribution in [0.2, 0.25) is 0 Å². The maximum absolute atomic E-state index is 10.2. The van der Waals surface area contributed by atoms with Crippen molar-refractivity contribution in [2.45, 2.75) is 0 Å². The first-order valence-electron chi connectivity index (χ1n) is 2.19. The standard InChI is InChI=1S/C5H6INO2/c1-9-5(8)7-4-2-3-6/h3H2,1H3,(H,7,8). The SMILES string of the molecule is COC(=O)NC#CCI. The third-order valence-corrected chi connectivity index (χ3v) is 0.887. The van der Waals surface area contributed by atoms with Gasteiger partial charge < -0.3 is 4.74 Å². The van der Waals surface area contributed by atoms with Crippen molar-refractivity contribution in [1.29, 1.82) is 0 Å². The van der Waals surface area contributed by atoms with Crippen LogP contribution >= 0.6 is 22.6 Å². The summed E-state index contributed by atoms with van der Waals surface area (Å²) in [6.07, 6.45) is -0.521. The van der Waals surface area contributed by atoms with Crippen molar-refractivity contribution in [3.05, 3.63) is 0 Å². The normalized spacial score (nSPS) is 6.89. The summed E-state index contributed by atoms with van der Waals surface area (Å²) in [5, 5.41) is 2.21. The Kier molecular flexibility index (Phi) is 5.41. The van der Waals surface area contributed by atoms with Gasteiger partial charge in [0.15, 0.2) is 0 Å². The van der Waals surface area contributed by atoms with Gasteiger partial charge in [0.2, 0.25) is 0 Å². The lowest BCUT2D eigenvalue weighted by Gasteiger charge is -1.90. The molecule has 0 aromatic heterocycles. The maximum Gasteiger partial charge on any atom is 0.418 e.